The molecule has 0 aliphatic carbocycles. The highest BCUT2D eigenvalue weighted by atomic mass is 79.9. The van der Waals surface area contributed by atoms with Crippen molar-refractivity contribution in [3.8, 4) is 0 Å². The van der Waals surface area contributed by atoms with Crippen LogP contribution in [0.1, 0.15) is 10.4 Å². The fraction of sp³-hybridized carbons (Fsp3) is 0. The first-order chi connectivity index (χ1) is 9.77. The largest absolute Gasteiger partial charge is 0.319 e. The van der Waals surface area contributed by atoms with E-state index in [9.17, 15) is 17.6 Å². The summed E-state index contributed by atoms with van der Waals surface area (Å²) in [5, 5.41) is 2.36. The molecule has 0 atom stereocenters. The Balaban J connectivity index is 2.26. The molecule has 0 aliphatic heterocycles. The Bertz CT molecular complexity index is 811. The van der Waals surface area contributed by atoms with E-state index < -0.39 is 20.8 Å². The second-order valence-electron chi connectivity index (χ2n) is 4.04. The average Bonchev–Trinajstić information content (AvgIpc) is 2.39. The molecule has 0 bridgehead atoms. The molecule has 0 aliphatic rings. The fourth-order valence-corrected chi connectivity index (χ4v) is 2.74. The van der Waals surface area contributed by atoms with E-state index in [-0.39, 0.29) is 10.6 Å². The van der Waals surface area contributed by atoms with Crippen LogP contribution in [0.15, 0.2) is 51.8 Å². The average molecular weight is 393 g/mol. The molecule has 0 unspecified atom stereocenters. The van der Waals surface area contributed by atoms with Crippen LogP contribution in [0, 0.1) is 5.82 Å². The van der Waals surface area contributed by atoms with Gasteiger partial charge in [0.2, 0.25) is 0 Å². The number of carbonyl (C=O) groups excluding carboxylic acids is 1. The minimum absolute atomic E-state index is 0.135. The van der Waals surface area contributed by atoms with Crippen molar-refractivity contribution in [2.45, 2.75) is 4.90 Å². The summed E-state index contributed by atoms with van der Waals surface area (Å²) in [4.78, 5) is 11.6. The maximum absolute atomic E-state index is 13.8. The molecule has 0 spiro atoms. The van der Waals surface area contributed by atoms with Crippen molar-refractivity contribution in [2.75, 3.05) is 5.32 Å². The maximum atomic E-state index is 13.8. The van der Waals surface area contributed by atoms with Gasteiger partial charge in [-0.1, -0.05) is 22.0 Å². The number of hydrogen-bond donors (Lipinski definition) is 1. The smallest absolute Gasteiger partial charge is 0.261 e. The van der Waals surface area contributed by atoms with Crippen LogP contribution >= 0.6 is 26.6 Å². The molecule has 0 fully saturated rings. The number of nitrogens with one attached hydrogen (secondary N) is 1. The van der Waals surface area contributed by atoms with Crippen molar-refractivity contribution in [3.05, 3.63) is 58.3 Å². The highest BCUT2D eigenvalue weighted by molar-refractivity contribution is 9.10. The fourth-order valence-electron chi connectivity index (χ4n) is 1.57. The summed E-state index contributed by atoms with van der Waals surface area (Å²) < 4.78 is 36.7. The first kappa shape index (κ1) is 15.9. The molecule has 1 amide bonds. The molecule has 110 valence electrons. The van der Waals surface area contributed by atoms with Crippen LogP contribution in [0.4, 0.5) is 10.1 Å². The van der Waals surface area contributed by atoms with E-state index in [4.69, 9.17) is 10.7 Å². The normalized spacial score (nSPS) is 11.2. The van der Waals surface area contributed by atoms with Gasteiger partial charge in [0.05, 0.1) is 10.6 Å². The Morgan fingerprint density at radius 2 is 1.90 bits per heavy atom. The predicted octanol–water partition coefficient (Wildman–Crippen LogP) is 3.77. The molecule has 0 saturated carbocycles. The molecule has 0 heterocycles. The van der Waals surface area contributed by atoms with Gasteiger partial charge in [0.15, 0.2) is 0 Å². The molecule has 2 rings (SSSR count). The van der Waals surface area contributed by atoms with Crippen molar-refractivity contribution < 1.29 is 17.6 Å². The molecular weight excluding hydrogens is 385 g/mol. The zero-order valence-electron chi connectivity index (χ0n) is 10.3. The Morgan fingerprint density at radius 3 is 2.48 bits per heavy atom. The Labute approximate surface area is 133 Å². The van der Waals surface area contributed by atoms with Crippen LogP contribution < -0.4 is 5.32 Å². The number of anilines is 1. The SMILES string of the molecule is O=C(Nc1ccc(S(=O)(=O)Cl)cc1F)c1cccc(Br)c1. The van der Waals surface area contributed by atoms with Crippen molar-refractivity contribution in [3.63, 3.8) is 0 Å². The van der Waals surface area contributed by atoms with Crippen LogP contribution in [0.2, 0.25) is 0 Å². The minimum atomic E-state index is -4.02. The highest BCUT2D eigenvalue weighted by Gasteiger charge is 2.15. The first-order valence-electron chi connectivity index (χ1n) is 5.58. The molecule has 0 saturated heterocycles. The quantitative estimate of drug-likeness (QED) is 0.809. The van der Waals surface area contributed by atoms with E-state index in [0.717, 1.165) is 18.2 Å². The topological polar surface area (TPSA) is 63.2 Å². The number of rotatable bonds is 3. The summed E-state index contributed by atoms with van der Waals surface area (Å²) in [5.74, 6) is -1.41. The third kappa shape index (κ3) is 4.03. The van der Waals surface area contributed by atoms with Crippen LogP contribution in [0.5, 0.6) is 0 Å². The second kappa shape index (κ2) is 6.13. The summed E-state index contributed by atoms with van der Waals surface area (Å²) in [7, 11) is 1.10. The minimum Gasteiger partial charge on any atom is -0.319 e. The third-order valence-electron chi connectivity index (χ3n) is 2.56. The van der Waals surface area contributed by atoms with Crippen LogP contribution in [-0.4, -0.2) is 14.3 Å². The van der Waals surface area contributed by atoms with E-state index in [2.05, 4.69) is 21.2 Å². The molecule has 0 aromatic heterocycles. The molecule has 21 heavy (non-hydrogen) atoms. The molecule has 4 nitrogen and oxygen atoms in total. The number of amides is 1. The van der Waals surface area contributed by atoms with Gasteiger partial charge in [-0.25, -0.2) is 12.8 Å². The van der Waals surface area contributed by atoms with E-state index in [1.165, 1.54) is 0 Å². The summed E-state index contributed by atoms with van der Waals surface area (Å²) in [6.07, 6.45) is 0. The van der Waals surface area contributed by atoms with Crippen LogP contribution in [0.3, 0.4) is 0 Å². The molecule has 0 radical (unpaired) electrons. The lowest BCUT2D eigenvalue weighted by atomic mass is 10.2. The highest BCUT2D eigenvalue weighted by Crippen LogP contribution is 2.22. The standard InChI is InChI=1S/C13H8BrClFNO3S/c14-9-3-1-2-8(6-9)13(18)17-12-5-4-10(7-11(12)16)21(15,19)20/h1-7H,(H,17,18). The van der Waals surface area contributed by atoms with Gasteiger partial charge < -0.3 is 5.32 Å². The van der Waals surface area contributed by atoms with Gasteiger partial charge in [0.25, 0.3) is 15.0 Å². The van der Waals surface area contributed by atoms with Crippen molar-refractivity contribution in [1.29, 1.82) is 0 Å². The van der Waals surface area contributed by atoms with E-state index in [1.807, 2.05) is 0 Å². The number of benzene rings is 2. The maximum Gasteiger partial charge on any atom is 0.261 e. The second-order valence-corrected chi connectivity index (χ2v) is 7.53. The molecule has 2 aromatic rings. The Hall–Kier alpha value is -1.44. The lowest BCUT2D eigenvalue weighted by Gasteiger charge is -2.07. The van der Waals surface area contributed by atoms with E-state index in [0.29, 0.717) is 10.0 Å². The van der Waals surface area contributed by atoms with E-state index >= 15 is 0 Å². The zero-order chi connectivity index (χ0) is 15.6. The molecular formula is C13H8BrClFNO3S. The van der Waals surface area contributed by atoms with Gasteiger partial charge in [-0.2, -0.15) is 0 Å². The predicted molar refractivity (Wildman–Crippen MR) is 81.5 cm³/mol. The lowest BCUT2D eigenvalue weighted by Crippen LogP contribution is -2.13. The van der Waals surface area contributed by atoms with Gasteiger partial charge in [0.1, 0.15) is 5.82 Å². The van der Waals surface area contributed by atoms with Crippen molar-refractivity contribution in [1.82, 2.24) is 0 Å². The van der Waals surface area contributed by atoms with Gasteiger partial charge in [-0.15, -0.1) is 0 Å². The zero-order valence-corrected chi connectivity index (χ0v) is 13.5. The molecule has 2 aromatic carbocycles. The van der Waals surface area contributed by atoms with Gasteiger partial charge >= 0.3 is 0 Å². The molecule has 1 N–H and O–H groups in total. The van der Waals surface area contributed by atoms with Gasteiger partial charge in [-0.3, -0.25) is 4.79 Å². The summed E-state index contributed by atoms with van der Waals surface area (Å²) in [6, 6.07) is 9.55. The number of hydrogen-bond acceptors (Lipinski definition) is 3. The summed E-state index contributed by atoms with van der Waals surface area (Å²) in [6.45, 7) is 0. The first-order valence-corrected chi connectivity index (χ1v) is 8.69. The lowest BCUT2D eigenvalue weighted by molar-refractivity contribution is 0.102. The van der Waals surface area contributed by atoms with Crippen LogP contribution in [-0.2, 0) is 9.05 Å². The monoisotopic (exact) mass is 391 g/mol. The number of halogens is 3. The summed E-state index contributed by atoms with van der Waals surface area (Å²) in [5.41, 5.74) is 0.196. The summed E-state index contributed by atoms with van der Waals surface area (Å²) >= 11 is 3.23. The van der Waals surface area contributed by atoms with Crippen molar-refractivity contribution >= 4 is 47.3 Å². The Morgan fingerprint density at radius 1 is 1.19 bits per heavy atom. The number of carbonyl (C=O) groups is 1. The van der Waals surface area contributed by atoms with Crippen molar-refractivity contribution in [2.24, 2.45) is 0 Å². The van der Waals surface area contributed by atoms with Gasteiger partial charge in [-0.05, 0) is 36.4 Å². The third-order valence-corrected chi connectivity index (χ3v) is 4.40. The Kier molecular flexibility index (Phi) is 4.65. The van der Waals surface area contributed by atoms with Gasteiger partial charge in [0, 0.05) is 20.7 Å². The van der Waals surface area contributed by atoms with Crippen LogP contribution in [0.25, 0.3) is 0 Å². The van der Waals surface area contributed by atoms with E-state index in [1.54, 1.807) is 24.3 Å². The molecule has 8 heteroatoms.